The van der Waals surface area contributed by atoms with E-state index < -0.39 is 27.0 Å². The smallest absolute Gasteiger partial charge is 0.303 e. The van der Waals surface area contributed by atoms with Crippen LogP contribution in [0.1, 0.15) is 77.0 Å². The van der Waals surface area contributed by atoms with Crippen LogP contribution in [0.4, 0.5) is 0 Å². The molecule has 0 saturated heterocycles. The maximum Gasteiger partial charge on any atom is 0.699 e. The Kier molecular flexibility index (Phi) is 11.2. The van der Waals surface area contributed by atoms with Crippen molar-refractivity contribution in [1.82, 2.24) is 0 Å². The number of aldehydes is 1. The van der Waals surface area contributed by atoms with E-state index in [1.54, 1.807) is 0 Å². The van der Waals surface area contributed by atoms with Gasteiger partial charge < -0.3 is 4.79 Å². The van der Waals surface area contributed by atoms with Gasteiger partial charge in [-0.15, -0.1) is 0 Å². The van der Waals surface area contributed by atoms with Gasteiger partial charge in [-0.25, -0.2) is 0 Å². The minimum atomic E-state index is -3.32. The molecule has 138 valence electrons. The lowest BCUT2D eigenvalue weighted by Gasteiger charge is -2.08. The average Bonchev–Trinajstić information content (AvgIpc) is 2.51. The minimum absolute atomic E-state index is 0.0780. The van der Waals surface area contributed by atoms with E-state index in [0.29, 0.717) is 12.8 Å². The molecular formula is C14H25N3O7. The Labute approximate surface area is 140 Å². The van der Waals surface area contributed by atoms with Gasteiger partial charge in [-0.2, -0.15) is 0 Å². The highest BCUT2D eigenvalue weighted by molar-refractivity contribution is 5.48. The molecule has 0 atom stereocenters. The summed E-state index contributed by atoms with van der Waals surface area (Å²) < 4.78 is 0. The molecule has 0 saturated carbocycles. The molecule has 10 nitrogen and oxygen atoms in total. The molecule has 0 aliphatic rings. The fourth-order valence-electron chi connectivity index (χ4n) is 2.48. The van der Waals surface area contributed by atoms with Crippen molar-refractivity contribution in [3.63, 3.8) is 0 Å². The van der Waals surface area contributed by atoms with Gasteiger partial charge >= 0.3 is 5.79 Å². The largest absolute Gasteiger partial charge is 0.699 e. The summed E-state index contributed by atoms with van der Waals surface area (Å²) in [6, 6.07) is 0. The number of unbranched alkanes of at least 4 members (excludes halogenated alkanes) is 10. The number of hydrogen-bond acceptors (Lipinski definition) is 7. The molecule has 0 aromatic heterocycles. The van der Waals surface area contributed by atoms with Crippen LogP contribution in [-0.2, 0) is 4.79 Å². The van der Waals surface area contributed by atoms with Gasteiger partial charge in [0.15, 0.2) is 21.2 Å². The normalized spacial score (nSPS) is 11.2. The second-order valence-corrected chi connectivity index (χ2v) is 5.79. The number of carbonyl (C=O) groups is 1. The monoisotopic (exact) mass is 347 g/mol. The van der Waals surface area contributed by atoms with Gasteiger partial charge in [0.2, 0.25) is 0 Å². The topological polar surface area (TPSA) is 146 Å². The first-order valence-corrected chi connectivity index (χ1v) is 8.26. The molecule has 0 amide bonds. The standard InChI is InChI=1S/C14H25N3O7/c18-13-11-9-7-5-3-1-2-4-6-8-10-12-14(15(19)20,16(21)22)17(23)24/h13H,1-12H2. The molecule has 0 aliphatic heterocycles. The molecule has 0 radical (unpaired) electrons. The van der Waals surface area contributed by atoms with E-state index in [2.05, 4.69) is 0 Å². The Morgan fingerprint density at radius 2 is 0.958 bits per heavy atom. The van der Waals surface area contributed by atoms with Crippen molar-refractivity contribution >= 4 is 6.29 Å². The molecule has 0 N–H and O–H groups in total. The predicted octanol–water partition coefficient (Wildman–Crippen LogP) is 3.35. The number of carbonyl (C=O) groups excluding carboxylic acids is 1. The van der Waals surface area contributed by atoms with Crippen LogP contribution in [0.25, 0.3) is 0 Å². The molecule has 10 heteroatoms. The van der Waals surface area contributed by atoms with Crippen LogP contribution in [0.5, 0.6) is 0 Å². The SMILES string of the molecule is O=CCCCCCCCCCCCCC([N+](=O)[O-])([N+](=O)[O-])[N+](=O)[O-]. The lowest BCUT2D eigenvalue weighted by molar-refractivity contribution is -0.970. The highest BCUT2D eigenvalue weighted by atomic mass is 16.7. The fraction of sp³-hybridized carbons (Fsp3) is 0.929. The van der Waals surface area contributed by atoms with Crippen LogP contribution >= 0.6 is 0 Å². The van der Waals surface area contributed by atoms with E-state index in [4.69, 9.17) is 0 Å². The van der Waals surface area contributed by atoms with E-state index in [1.807, 2.05) is 0 Å². The van der Waals surface area contributed by atoms with Crippen LogP contribution in [0.3, 0.4) is 0 Å². The molecule has 0 aliphatic carbocycles. The maximum absolute atomic E-state index is 10.7. The summed E-state index contributed by atoms with van der Waals surface area (Å²) in [6.45, 7) is 0. The van der Waals surface area contributed by atoms with E-state index in [9.17, 15) is 35.1 Å². The highest BCUT2D eigenvalue weighted by Crippen LogP contribution is 2.21. The molecule has 0 spiro atoms. The average molecular weight is 347 g/mol. The van der Waals surface area contributed by atoms with Crippen molar-refractivity contribution in [2.45, 2.75) is 82.8 Å². The third-order valence-corrected chi connectivity index (χ3v) is 3.96. The Balaban J connectivity index is 3.81. The zero-order chi connectivity index (χ0) is 18.4. The highest BCUT2D eigenvalue weighted by Gasteiger charge is 2.69. The molecule has 0 aromatic carbocycles. The molecule has 0 bridgehead atoms. The van der Waals surface area contributed by atoms with Gasteiger partial charge in [-0.05, 0) is 12.8 Å². The Morgan fingerprint density at radius 1 is 0.625 bits per heavy atom. The Bertz CT molecular complexity index is 393. The van der Waals surface area contributed by atoms with Crippen LogP contribution in [-0.4, -0.2) is 26.8 Å². The van der Waals surface area contributed by atoms with E-state index >= 15 is 0 Å². The summed E-state index contributed by atoms with van der Waals surface area (Å²) in [5.74, 6) is -3.32. The van der Waals surface area contributed by atoms with Crippen molar-refractivity contribution in [3.8, 4) is 0 Å². The Hall–Kier alpha value is -2.13. The second-order valence-electron chi connectivity index (χ2n) is 5.79. The van der Waals surface area contributed by atoms with Crippen molar-refractivity contribution in [1.29, 1.82) is 0 Å². The maximum atomic E-state index is 10.7. The molecule has 0 aromatic rings. The zero-order valence-corrected chi connectivity index (χ0v) is 13.8. The summed E-state index contributed by atoms with van der Waals surface area (Å²) in [6.07, 6.45) is 9.26. The van der Waals surface area contributed by atoms with Crippen molar-refractivity contribution in [3.05, 3.63) is 30.3 Å². The van der Waals surface area contributed by atoms with E-state index in [-0.39, 0.29) is 6.42 Å². The quantitative estimate of drug-likeness (QED) is 0.137. The molecule has 0 heterocycles. The molecule has 24 heavy (non-hydrogen) atoms. The van der Waals surface area contributed by atoms with Crippen LogP contribution in [0.15, 0.2) is 0 Å². The number of nitrogens with zero attached hydrogens (tertiary/aromatic N) is 3. The number of nitro groups is 3. The van der Waals surface area contributed by atoms with Crippen LogP contribution < -0.4 is 0 Å². The van der Waals surface area contributed by atoms with Gasteiger partial charge in [0.1, 0.15) is 6.29 Å². The number of hydrogen-bond donors (Lipinski definition) is 0. The van der Waals surface area contributed by atoms with Crippen LogP contribution in [0.2, 0.25) is 0 Å². The second kappa shape index (κ2) is 12.3. The summed E-state index contributed by atoms with van der Waals surface area (Å²) in [7, 11) is 0. The van der Waals surface area contributed by atoms with Crippen molar-refractivity contribution < 1.29 is 19.6 Å². The fourth-order valence-corrected chi connectivity index (χ4v) is 2.48. The number of rotatable bonds is 16. The molecule has 0 rings (SSSR count). The first-order valence-electron chi connectivity index (χ1n) is 8.26. The Morgan fingerprint density at radius 3 is 1.29 bits per heavy atom. The molecular weight excluding hydrogens is 322 g/mol. The van der Waals surface area contributed by atoms with Gasteiger partial charge in [-0.1, -0.05) is 51.4 Å². The van der Waals surface area contributed by atoms with E-state index in [0.717, 1.165) is 57.7 Å². The van der Waals surface area contributed by atoms with Gasteiger partial charge in [-0.3, -0.25) is 30.3 Å². The van der Waals surface area contributed by atoms with Crippen molar-refractivity contribution in [2.24, 2.45) is 0 Å². The predicted molar refractivity (Wildman–Crippen MR) is 85.2 cm³/mol. The zero-order valence-electron chi connectivity index (χ0n) is 13.8. The van der Waals surface area contributed by atoms with Gasteiger partial charge in [0.25, 0.3) is 0 Å². The summed E-state index contributed by atoms with van der Waals surface area (Å²) >= 11 is 0. The summed E-state index contributed by atoms with van der Waals surface area (Å²) in [4.78, 5) is 38.1. The molecule has 0 fully saturated rings. The summed E-state index contributed by atoms with van der Waals surface area (Å²) in [5.41, 5.74) is 0. The van der Waals surface area contributed by atoms with Gasteiger partial charge in [0, 0.05) is 6.42 Å². The first kappa shape index (κ1) is 21.9. The first-order chi connectivity index (χ1) is 11.4. The molecule has 0 unspecified atom stereocenters. The summed E-state index contributed by atoms with van der Waals surface area (Å²) in [5, 5.41) is 32.2. The van der Waals surface area contributed by atoms with Gasteiger partial charge in [0.05, 0.1) is 0 Å². The van der Waals surface area contributed by atoms with Crippen molar-refractivity contribution in [2.75, 3.05) is 0 Å². The van der Waals surface area contributed by atoms with E-state index in [1.165, 1.54) is 0 Å². The lowest BCUT2D eigenvalue weighted by Crippen LogP contribution is -2.53. The third kappa shape index (κ3) is 7.42. The van der Waals surface area contributed by atoms with Crippen LogP contribution in [0, 0.1) is 30.3 Å². The minimum Gasteiger partial charge on any atom is -0.303 e. The third-order valence-electron chi connectivity index (χ3n) is 3.96. The lowest BCUT2D eigenvalue weighted by atomic mass is 10.0.